The summed E-state index contributed by atoms with van der Waals surface area (Å²) in [5.41, 5.74) is 0.931. The molecule has 0 radical (unpaired) electrons. The SMILES string of the molecule is CC[C@H](C)[C@@H](C(=O)N[C@@H](Cc1ccc2ccccc2c1)[C@@H](O)[C@@H](O)CC(C)C)N(C(=O)[C@H](C)NC(=O)N1CCN(C)CC1)C1CCCCC1.Cl. The van der Waals surface area contributed by atoms with E-state index in [-0.39, 0.29) is 48.1 Å². The Balaban J connectivity index is 0.00000676. The Morgan fingerprint density at radius 2 is 1.54 bits per heavy atom. The minimum absolute atomic E-state index is 0. The summed E-state index contributed by atoms with van der Waals surface area (Å²) in [7, 11) is 2.03. The molecule has 1 heterocycles. The minimum atomic E-state index is -1.21. The van der Waals surface area contributed by atoms with Crippen molar-refractivity contribution >= 4 is 41.0 Å². The van der Waals surface area contributed by atoms with Gasteiger partial charge >= 0.3 is 6.03 Å². The zero-order valence-electron chi connectivity index (χ0n) is 31.0. The predicted octanol–water partition coefficient (Wildman–Crippen LogP) is 4.98. The van der Waals surface area contributed by atoms with E-state index in [9.17, 15) is 24.6 Å². The number of fused-ring (bicyclic) bond motifs is 1. The van der Waals surface area contributed by atoms with Crippen LogP contribution in [0.15, 0.2) is 42.5 Å². The van der Waals surface area contributed by atoms with Crippen LogP contribution in [0, 0.1) is 11.8 Å². The molecule has 0 unspecified atom stereocenters. The van der Waals surface area contributed by atoms with E-state index in [1.165, 1.54) is 0 Å². The fraction of sp³-hybridized carbons (Fsp3) is 0.667. The van der Waals surface area contributed by atoms with Gasteiger partial charge in [0.15, 0.2) is 0 Å². The Kier molecular flexibility index (Phi) is 16.3. The van der Waals surface area contributed by atoms with Crippen LogP contribution in [-0.2, 0) is 16.0 Å². The molecular weight excluding hydrogens is 654 g/mol. The van der Waals surface area contributed by atoms with Gasteiger partial charge in [0.25, 0.3) is 0 Å². The molecule has 1 saturated carbocycles. The number of piperazine rings is 1. The van der Waals surface area contributed by atoms with E-state index < -0.39 is 30.3 Å². The topological polar surface area (TPSA) is 125 Å². The second-order valence-corrected chi connectivity index (χ2v) is 15.0. The zero-order chi connectivity index (χ0) is 35.7. The summed E-state index contributed by atoms with van der Waals surface area (Å²) in [6, 6.07) is 11.3. The number of halogens is 1. The highest BCUT2D eigenvalue weighted by molar-refractivity contribution is 5.92. The van der Waals surface area contributed by atoms with Gasteiger partial charge in [-0.25, -0.2) is 4.79 Å². The first-order valence-electron chi connectivity index (χ1n) is 18.6. The highest BCUT2D eigenvalue weighted by Gasteiger charge is 2.42. The number of benzene rings is 2. The lowest BCUT2D eigenvalue weighted by Gasteiger charge is -2.43. The van der Waals surface area contributed by atoms with E-state index in [1.807, 2.05) is 71.1 Å². The number of amides is 4. The summed E-state index contributed by atoms with van der Waals surface area (Å²) in [6.45, 7) is 12.4. The molecule has 2 aromatic carbocycles. The Labute approximate surface area is 305 Å². The molecule has 6 atom stereocenters. The van der Waals surface area contributed by atoms with Crippen LogP contribution in [0.1, 0.15) is 85.1 Å². The molecule has 1 aliphatic heterocycles. The number of nitrogens with one attached hydrogen (secondary N) is 2. The lowest BCUT2D eigenvalue weighted by Crippen LogP contribution is -2.63. The van der Waals surface area contributed by atoms with Crippen molar-refractivity contribution in [1.82, 2.24) is 25.3 Å². The quantitative estimate of drug-likeness (QED) is 0.219. The maximum Gasteiger partial charge on any atom is 0.318 e. The number of likely N-dealkylation sites (N-methyl/N-ethyl adjacent to an activating group) is 1. The third-order valence-electron chi connectivity index (χ3n) is 10.6. The Bertz CT molecular complexity index is 1380. The van der Waals surface area contributed by atoms with Crippen LogP contribution < -0.4 is 10.6 Å². The van der Waals surface area contributed by atoms with E-state index in [4.69, 9.17) is 0 Å². The molecule has 10 nitrogen and oxygen atoms in total. The average molecular weight is 716 g/mol. The molecule has 1 aliphatic carbocycles. The summed E-state index contributed by atoms with van der Waals surface area (Å²) in [5.74, 6) is -0.643. The Morgan fingerprint density at radius 1 is 0.900 bits per heavy atom. The molecule has 0 aromatic heterocycles. The van der Waals surface area contributed by atoms with Crippen LogP contribution in [0.3, 0.4) is 0 Å². The fourth-order valence-electron chi connectivity index (χ4n) is 7.39. The smallest absolute Gasteiger partial charge is 0.318 e. The van der Waals surface area contributed by atoms with Crippen molar-refractivity contribution in [2.45, 2.75) is 122 Å². The van der Waals surface area contributed by atoms with Gasteiger partial charge < -0.3 is 35.5 Å². The Hall–Kier alpha value is -2.92. The van der Waals surface area contributed by atoms with Crippen molar-refractivity contribution < 1.29 is 24.6 Å². The van der Waals surface area contributed by atoms with Crippen LogP contribution >= 0.6 is 12.4 Å². The van der Waals surface area contributed by atoms with Crippen molar-refractivity contribution in [3.8, 4) is 0 Å². The van der Waals surface area contributed by atoms with Crippen LogP contribution in [0.25, 0.3) is 10.8 Å². The maximum atomic E-state index is 14.6. The highest BCUT2D eigenvalue weighted by atomic mass is 35.5. The summed E-state index contributed by atoms with van der Waals surface area (Å²) < 4.78 is 0. The van der Waals surface area contributed by atoms with Gasteiger partial charge in [0.2, 0.25) is 11.8 Å². The number of aliphatic hydroxyl groups excluding tert-OH is 2. The first kappa shape index (κ1) is 41.5. The molecule has 1 saturated heterocycles. The number of carbonyl (C=O) groups excluding carboxylic acids is 3. The van der Waals surface area contributed by atoms with E-state index in [1.54, 1.807) is 16.7 Å². The van der Waals surface area contributed by atoms with Crippen molar-refractivity contribution in [3.63, 3.8) is 0 Å². The second-order valence-electron chi connectivity index (χ2n) is 15.0. The molecule has 4 amide bonds. The number of aliphatic hydroxyl groups is 2. The number of hydrogen-bond donors (Lipinski definition) is 4. The highest BCUT2D eigenvalue weighted by Crippen LogP contribution is 2.29. The van der Waals surface area contributed by atoms with Gasteiger partial charge in [-0.15, -0.1) is 12.4 Å². The van der Waals surface area contributed by atoms with E-state index in [2.05, 4.69) is 21.6 Å². The molecule has 4 rings (SSSR count). The van der Waals surface area contributed by atoms with Crippen LogP contribution in [-0.4, -0.2) is 112 Å². The van der Waals surface area contributed by atoms with E-state index in [0.717, 1.165) is 61.5 Å². The van der Waals surface area contributed by atoms with E-state index in [0.29, 0.717) is 32.4 Å². The van der Waals surface area contributed by atoms with Crippen molar-refractivity contribution in [2.75, 3.05) is 33.2 Å². The third-order valence-corrected chi connectivity index (χ3v) is 10.6. The second kappa shape index (κ2) is 19.6. The average Bonchev–Trinajstić information content (AvgIpc) is 3.09. The standard InChI is InChI=1S/C39H61N5O5.ClH/c1-7-27(4)35(44(32-15-9-8-10-16-32)38(48)28(5)40-39(49)43-21-19-42(6)20-22-43)37(47)41-33(36(46)34(45)23-26(2)3)25-29-17-18-30-13-11-12-14-31(30)24-29;/h11-14,17-18,24,26-28,32-36,45-46H,7-10,15-16,19-23,25H2,1-6H3,(H,40,49)(H,41,47);1H/t27-,28-,33-,34-,35-,36+;/m0./s1. The summed E-state index contributed by atoms with van der Waals surface area (Å²) >= 11 is 0. The lowest BCUT2D eigenvalue weighted by atomic mass is 9.88. The number of urea groups is 1. The normalized spacial score (nSPS) is 19.5. The number of rotatable bonds is 14. The van der Waals surface area contributed by atoms with Gasteiger partial charge in [-0.3, -0.25) is 9.59 Å². The Morgan fingerprint density at radius 3 is 2.16 bits per heavy atom. The predicted molar refractivity (Wildman–Crippen MR) is 202 cm³/mol. The van der Waals surface area contributed by atoms with Gasteiger partial charge in [-0.2, -0.15) is 0 Å². The lowest BCUT2D eigenvalue weighted by molar-refractivity contribution is -0.148. The molecular formula is C39H62ClN5O5. The van der Waals surface area contributed by atoms with Gasteiger partial charge in [-0.05, 0) is 67.8 Å². The van der Waals surface area contributed by atoms with Gasteiger partial charge in [-0.1, -0.05) is 95.8 Å². The largest absolute Gasteiger partial charge is 0.390 e. The first-order chi connectivity index (χ1) is 23.4. The van der Waals surface area contributed by atoms with Crippen LogP contribution in [0.4, 0.5) is 4.79 Å². The maximum absolute atomic E-state index is 14.6. The number of nitrogens with zero attached hydrogens (tertiary/aromatic N) is 3. The fourth-order valence-corrected chi connectivity index (χ4v) is 7.39. The molecule has 2 aliphatic rings. The minimum Gasteiger partial charge on any atom is -0.390 e. The molecule has 4 N–H and O–H groups in total. The first-order valence-corrected chi connectivity index (χ1v) is 18.6. The third kappa shape index (κ3) is 11.0. The zero-order valence-corrected chi connectivity index (χ0v) is 31.8. The van der Waals surface area contributed by atoms with Crippen LogP contribution in [0.5, 0.6) is 0 Å². The summed E-state index contributed by atoms with van der Waals surface area (Å²) in [4.78, 5) is 48.0. The monoisotopic (exact) mass is 715 g/mol. The molecule has 50 heavy (non-hydrogen) atoms. The van der Waals surface area contributed by atoms with Crippen LogP contribution in [0.2, 0.25) is 0 Å². The van der Waals surface area contributed by atoms with Crippen molar-refractivity contribution in [3.05, 3.63) is 48.0 Å². The van der Waals surface area contributed by atoms with Crippen molar-refractivity contribution in [1.29, 1.82) is 0 Å². The van der Waals surface area contributed by atoms with Gasteiger partial charge in [0.05, 0.1) is 12.1 Å². The van der Waals surface area contributed by atoms with Gasteiger partial charge in [0.1, 0.15) is 18.2 Å². The van der Waals surface area contributed by atoms with Gasteiger partial charge in [0, 0.05) is 32.2 Å². The molecule has 2 aromatic rings. The molecule has 0 spiro atoms. The molecule has 11 heteroatoms. The number of carbonyl (C=O) groups is 3. The number of hydrogen-bond acceptors (Lipinski definition) is 6. The molecule has 0 bridgehead atoms. The molecule has 2 fully saturated rings. The summed E-state index contributed by atoms with van der Waals surface area (Å²) in [5, 5.41) is 30.9. The van der Waals surface area contributed by atoms with Crippen molar-refractivity contribution in [2.24, 2.45) is 11.8 Å². The summed E-state index contributed by atoms with van der Waals surface area (Å²) in [6.07, 6.45) is 3.72. The molecule has 280 valence electrons. The van der Waals surface area contributed by atoms with E-state index >= 15 is 0 Å².